The topological polar surface area (TPSA) is 71.5 Å². The first-order valence-electron chi connectivity index (χ1n) is 11.7. The summed E-state index contributed by atoms with van der Waals surface area (Å²) >= 11 is 5.72. The van der Waals surface area contributed by atoms with E-state index in [-0.39, 0.29) is 40.3 Å². The molecular weight excluding hydrogens is 464 g/mol. The summed E-state index contributed by atoms with van der Waals surface area (Å²) in [6, 6.07) is 4.00. The summed E-state index contributed by atoms with van der Waals surface area (Å²) in [7, 11) is 0. The van der Waals surface area contributed by atoms with Crippen LogP contribution in [0.4, 0.5) is 8.78 Å². The molecule has 1 aromatic heterocycles. The molecule has 2 amide bonds. The Morgan fingerprint density at radius 1 is 1.24 bits per heavy atom. The third-order valence-electron chi connectivity index (χ3n) is 7.02. The maximum absolute atomic E-state index is 14.7. The van der Waals surface area contributed by atoms with Crippen molar-refractivity contribution in [2.45, 2.75) is 50.7 Å². The van der Waals surface area contributed by atoms with Gasteiger partial charge in [0.25, 0.3) is 5.91 Å². The van der Waals surface area contributed by atoms with Crippen molar-refractivity contribution in [1.82, 2.24) is 15.2 Å². The summed E-state index contributed by atoms with van der Waals surface area (Å²) in [5.74, 6) is -1.92. The van der Waals surface area contributed by atoms with E-state index >= 15 is 0 Å². The number of ether oxygens (including phenoxy) is 1. The van der Waals surface area contributed by atoms with Gasteiger partial charge in [0.2, 0.25) is 5.91 Å². The standard InChI is InChI=1S/C25H26ClF2N3O3/c1-2-3-16-6-13(4-5-29-16)25(33)31-21-7-14(21)8-22(31)24(32)30-23(15-11-34-12-15)17-9-20(28)18(26)10-19(17)27/h4-6,9-10,14-15,21-23H,2-3,7-8,11-12H2,1H3,(H,30,32)/t14-,21-,22-,23-/m1/s1. The fraction of sp³-hybridized carbons (Fsp3) is 0.480. The molecule has 1 aromatic carbocycles. The Morgan fingerprint density at radius 3 is 2.74 bits per heavy atom. The molecule has 2 aromatic rings. The number of nitrogens with zero attached hydrogens (tertiary/aromatic N) is 2. The van der Waals surface area contributed by atoms with Crippen LogP contribution in [0, 0.1) is 23.5 Å². The van der Waals surface area contributed by atoms with Gasteiger partial charge in [0.1, 0.15) is 17.7 Å². The van der Waals surface area contributed by atoms with Gasteiger partial charge < -0.3 is 15.0 Å². The van der Waals surface area contributed by atoms with E-state index in [0.29, 0.717) is 25.2 Å². The predicted octanol–water partition coefficient (Wildman–Crippen LogP) is 4.07. The summed E-state index contributed by atoms with van der Waals surface area (Å²) in [6.07, 6.45) is 4.74. The Morgan fingerprint density at radius 2 is 2.03 bits per heavy atom. The maximum Gasteiger partial charge on any atom is 0.254 e. The van der Waals surface area contributed by atoms with Crippen LogP contribution in [0.2, 0.25) is 5.02 Å². The van der Waals surface area contributed by atoms with Crippen LogP contribution in [0.1, 0.15) is 53.8 Å². The van der Waals surface area contributed by atoms with Gasteiger partial charge in [0, 0.05) is 35.0 Å². The molecule has 3 heterocycles. The van der Waals surface area contributed by atoms with E-state index in [0.717, 1.165) is 37.1 Å². The number of amides is 2. The summed E-state index contributed by atoms with van der Waals surface area (Å²) in [4.78, 5) is 32.8. The molecule has 2 aliphatic heterocycles. The van der Waals surface area contributed by atoms with Crippen LogP contribution in [0.3, 0.4) is 0 Å². The minimum Gasteiger partial charge on any atom is -0.381 e. The zero-order valence-electron chi connectivity index (χ0n) is 18.8. The molecular formula is C25H26ClF2N3O3. The van der Waals surface area contributed by atoms with Crippen LogP contribution in [-0.4, -0.2) is 47.0 Å². The van der Waals surface area contributed by atoms with Gasteiger partial charge in [-0.25, -0.2) is 8.78 Å². The molecule has 5 rings (SSSR count). The Balaban J connectivity index is 1.38. The van der Waals surface area contributed by atoms with Crippen molar-refractivity contribution in [3.63, 3.8) is 0 Å². The van der Waals surface area contributed by atoms with Crippen LogP contribution >= 0.6 is 11.6 Å². The molecule has 34 heavy (non-hydrogen) atoms. The largest absolute Gasteiger partial charge is 0.381 e. The fourth-order valence-electron chi connectivity index (χ4n) is 5.06. The van der Waals surface area contributed by atoms with Gasteiger partial charge in [-0.1, -0.05) is 24.9 Å². The Bertz CT molecular complexity index is 1130. The molecule has 1 aliphatic carbocycles. The van der Waals surface area contributed by atoms with Gasteiger partial charge in [0.05, 0.1) is 24.3 Å². The van der Waals surface area contributed by atoms with Crippen molar-refractivity contribution in [3.8, 4) is 0 Å². The van der Waals surface area contributed by atoms with Crippen LogP contribution in [0.25, 0.3) is 0 Å². The quantitative estimate of drug-likeness (QED) is 0.595. The van der Waals surface area contributed by atoms with Crippen molar-refractivity contribution >= 4 is 23.4 Å². The fourth-order valence-corrected chi connectivity index (χ4v) is 5.21. The smallest absolute Gasteiger partial charge is 0.254 e. The molecule has 0 bridgehead atoms. The second kappa shape index (κ2) is 9.23. The Labute approximate surface area is 201 Å². The van der Waals surface area contributed by atoms with E-state index < -0.39 is 23.7 Å². The SMILES string of the molecule is CCCc1cc(C(=O)N2[C@@H](C(=O)N[C@@H](c3cc(F)c(Cl)cc3F)C3COC3)C[C@H]3C[C@H]32)ccn1. The lowest BCUT2D eigenvalue weighted by atomic mass is 9.90. The maximum atomic E-state index is 14.7. The third kappa shape index (κ3) is 4.29. The molecule has 4 atom stereocenters. The van der Waals surface area contributed by atoms with Crippen LogP contribution in [0.15, 0.2) is 30.5 Å². The highest BCUT2D eigenvalue weighted by molar-refractivity contribution is 6.30. The minimum atomic E-state index is -0.779. The molecule has 9 heteroatoms. The summed E-state index contributed by atoms with van der Waals surface area (Å²) < 4.78 is 34.1. The number of aromatic nitrogens is 1. The van der Waals surface area contributed by atoms with Gasteiger partial charge in [-0.05, 0) is 49.4 Å². The minimum absolute atomic E-state index is 0.0289. The highest BCUT2D eigenvalue weighted by Gasteiger charge is 2.56. The van der Waals surface area contributed by atoms with Gasteiger partial charge >= 0.3 is 0 Å². The first-order valence-corrected chi connectivity index (χ1v) is 12.0. The molecule has 0 spiro atoms. The first kappa shape index (κ1) is 23.2. The van der Waals surface area contributed by atoms with E-state index in [2.05, 4.69) is 10.3 Å². The number of likely N-dealkylation sites (tertiary alicyclic amines) is 1. The molecule has 180 valence electrons. The average molecular weight is 490 g/mol. The van der Waals surface area contributed by atoms with Crippen molar-refractivity contribution in [3.05, 3.63) is 63.9 Å². The Kier molecular flexibility index (Phi) is 6.29. The van der Waals surface area contributed by atoms with Crippen molar-refractivity contribution in [2.24, 2.45) is 11.8 Å². The van der Waals surface area contributed by atoms with Gasteiger partial charge in [-0.3, -0.25) is 14.6 Å². The number of aryl methyl sites for hydroxylation is 1. The number of hydrogen-bond donors (Lipinski definition) is 1. The number of benzene rings is 1. The monoisotopic (exact) mass is 489 g/mol. The highest BCUT2D eigenvalue weighted by Crippen LogP contribution is 2.48. The van der Waals surface area contributed by atoms with Gasteiger partial charge in [-0.15, -0.1) is 0 Å². The molecule has 6 nitrogen and oxygen atoms in total. The molecule has 0 unspecified atom stereocenters. The number of hydrogen-bond acceptors (Lipinski definition) is 4. The zero-order chi connectivity index (χ0) is 24.0. The van der Waals surface area contributed by atoms with Crippen molar-refractivity contribution < 1.29 is 23.1 Å². The number of fused-ring (bicyclic) bond motifs is 1. The van der Waals surface area contributed by atoms with E-state index in [1.807, 2.05) is 6.92 Å². The van der Waals surface area contributed by atoms with E-state index in [1.165, 1.54) is 0 Å². The molecule has 0 radical (unpaired) electrons. The highest BCUT2D eigenvalue weighted by atomic mass is 35.5. The number of pyridine rings is 1. The Hall–Kier alpha value is -2.58. The summed E-state index contributed by atoms with van der Waals surface area (Å²) in [5.41, 5.74) is 1.38. The lowest BCUT2D eigenvalue weighted by molar-refractivity contribution is -0.128. The number of carbonyl (C=O) groups excluding carboxylic acids is 2. The lowest BCUT2D eigenvalue weighted by Crippen LogP contribution is -2.51. The number of halogens is 3. The zero-order valence-corrected chi connectivity index (χ0v) is 19.5. The number of rotatable bonds is 7. The number of piperidine rings is 1. The van der Waals surface area contributed by atoms with Gasteiger partial charge in [-0.2, -0.15) is 0 Å². The predicted molar refractivity (Wildman–Crippen MR) is 121 cm³/mol. The van der Waals surface area contributed by atoms with Crippen molar-refractivity contribution in [1.29, 1.82) is 0 Å². The molecule has 1 N–H and O–H groups in total. The molecule has 3 aliphatic rings. The molecule has 1 saturated carbocycles. The normalized spacial score (nSPS) is 24.4. The van der Waals surface area contributed by atoms with E-state index in [9.17, 15) is 18.4 Å². The van der Waals surface area contributed by atoms with Gasteiger partial charge in [0.15, 0.2) is 0 Å². The lowest BCUT2D eigenvalue weighted by Gasteiger charge is -2.36. The van der Waals surface area contributed by atoms with Crippen LogP contribution in [-0.2, 0) is 16.0 Å². The first-order chi connectivity index (χ1) is 16.4. The van der Waals surface area contributed by atoms with Crippen molar-refractivity contribution in [2.75, 3.05) is 13.2 Å². The molecule has 3 fully saturated rings. The van der Waals surface area contributed by atoms with E-state index in [1.54, 1.807) is 23.2 Å². The van der Waals surface area contributed by atoms with Crippen LogP contribution in [0.5, 0.6) is 0 Å². The second-order valence-electron chi connectivity index (χ2n) is 9.38. The van der Waals surface area contributed by atoms with E-state index in [4.69, 9.17) is 16.3 Å². The average Bonchev–Trinajstić information content (AvgIpc) is 3.44. The van der Waals surface area contributed by atoms with Crippen LogP contribution < -0.4 is 5.32 Å². The number of carbonyl (C=O) groups is 2. The number of nitrogens with one attached hydrogen (secondary N) is 1. The molecule has 2 saturated heterocycles. The third-order valence-corrected chi connectivity index (χ3v) is 7.31. The summed E-state index contributed by atoms with van der Waals surface area (Å²) in [6.45, 7) is 2.69. The second-order valence-corrected chi connectivity index (χ2v) is 9.79. The summed E-state index contributed by atoms with van der Waals surface area (Å²) in [5, 5.41) is 2.58.